The summed E-state index contributed by atoms with van der Waals surface area (Å²) in [7, 11) is 0. The van der Waals surface area contributed by atoms with Crippen LogP contribution in [-0.4, -0.2) is 44.8 Å². The van der Waals surface area contributed by atoms with E-state index in [9.17, 15) is 4.39 Å². The first-order valence-corrected chi connectivity index (χ1v) is 8.83. The van der Waals surface area contributed by atoms with Crippen molar-refractivity contribution >= 4 is 11.6 Å². The molecule has 3 rings (SSSR count). The Morgan fingerprint density at radius 2 is 2.12 bits per heavy atom. The van der Waals surface area contributed by atoms with Crippen LogP contribution in [0.5, 0.6) is 0 Å². The molecule has 0 spiro atoms. The molecule has 2 aliphatic rings. The van der Waals surface area contributed by atoms with Crippen molar-refractivity contribution in [2.24, 2.45) is 10.9 Å². The number of nitrogens with zero attached hydrogens (tertiary/aromatic N) is 2. The van der Waals surface area contributed by atoms with Crippen molar-refractivity contribution in [1.82, 2.24) is 10.6 Å². The highest BCUT2D eigenvalue weighted by molar-refractivity contribution is 5.80. The van der Waals surface area contributed by atoms with E-state index in [-0.39, 0.29) is 5.82 Å². The van der Waals surface area contributed by atoms with Gasteiger partial charge >= 0.3 is 0 Å². The van der Waals surface area contributed by atoms with Crippen LogP contribution in [0.15, 0.2) is 23.2 Å². The smallest absolute Gasteiger partial charge is 0.191 e. The van der Waals surface area contributed by atoms with Gasteiger partial charge in [0.25, 0.3) is 0 Å². The Morgan fingerprint density at radius 3 is 2.75 bits per heavy atom. The lowest BCUT2D eigenvalue weighted by atomic mass is 10.1. The second-order valence-electron chi connectivity index (χ2n) is 6.54. The summed E-state index contributed by atoms with van der Waals surface area (Å²) in [5.74, 6) is 1.34. The molecule has 1 aromatic carbocycles. The molecule has 0 bridgehead atoms. The van der Waals surface area contributed by atoms with Crippen LogP contribution in [0.4, 0.5) is 10.1 Å². The van der Waals surface area contributed by atoms with Crippen LogP contribution in [0.25, 0.3) is 0 Å². The fraction of sp³-hybridized carbons (Fsp3) is 0.611. The van der Waals surface area contributed by atoms with Gasteiger partial charge in [0.2, 0.25) is 0 Å². The van der Waals surface area contributed by atoms with Gasteiger partial charge in [-0.2, -0.15) is 0 Å². The van der Waals surface area contributed by atoms with Crippen LogP contribution < -0.4 is 15.5 Å². The summed E-state index contributed by atoms with van der Waals surface area (Å²) in [6, 6.07) is 5.93. The molecule has 0 amide bonds. The maximum absolute atomic E-state index is 14.4. The minimum atomic E-state index is -0.182. The highest BCUT2D eigenvalue weighted by atomic mass is 19.1. The zero-order valence-corrected chi connectivity index (χ0v) is 14.5. The molecule has 1 saturated carbocycles. The summed E-state index contributed by atoms with van der Waals surface area (Å²) in [6.07, 6.45) is 1.19. The summed E-state index contributed by atoms with van der Waals surface area (Å²) in [5.41, 5.74) is 1.54. The Bertz CT molecular complexity index is 586. The summed E-state index contributed by atoms with van der Waals surface area (Å²) in [4.78, 5) is 6.61. The molecule has 1 saturated heterocycles. The first kappa shape index (κ1) is 17.0. The monoisotopic (exact) mass is 334 g/mol. The van der Waals surface area contributed by atoms with E-state index in [2.05, 4.69) is 22.5 Å². The van der Waals surface area contributed by atoms with Crippen molar-refractivity contribution in [3.8, 4) is 0 Å². The SMILES string of the molecule is CCNC(=NCc1ccc(N2CCOCC2)c(F)c1)NC1CC1C. The number of hydrogen-bond donors (Lipinski definition) is 2. The molecular formula is C18H27FN4O. The predicted molar refractivity (Wildman–Crippen MR) is 95.0 cm³/mol. The van der Waals surface area contributed by atoms with Crippen molar-refractivity contribution in [2.45, 2.75) is 32.9 Å². The van der Waals surface area contributed by atoms with Crippen LogP contribution >= 0.6 is 0 Å². The second kappa shape index (κ2) is 7.83. The summed E-state index contributed by atoms with van der Waals surface area (Å²) in [5, 5.41) is 6.66. The van der Waals surface area contributed by atoms with Gasteiger partial charge in [0.1, 0.15) is 5.82 Å². The van der Waals surface area contributed by atoms with Gasteiger partial charge in [0, 0.05) is 25.7 Å². The largest absolute Gasteiger partial charge is 0.378 e. The highest BCUT2D eigenvalue weighted by Crippen LogP contribution is 2.28. The third-order valence-corrected chi connectivity index (χ3v) is 4.56. The van der Waals surface area contributed by atoms with E-state index in [0.29, 0.717) is 37.4 Å². The fourth-order valence-corrected chi connectivity index (χ4v) is 2.90. The molecule has 24 heavy (non-hydrogen) atoms. The maximum Gasteiger partial charge on any atom is 0.191 e. The predicted octanol–water partition coefficient (Wildman–Crippen LogP) is 2.13. The van der Waals surface area contributed by atoms with E-state index < -0.39 is 0 Å². The minimum absolute atomic E-state index is 0.182. The molecule has 0 radical (unpaired) electrons. The van der Waals surface area contributed by atoms with Gasteiger partial charge in [-0.05, 0) is 37.0 Å². The number of hydrogen-bond acceptors (Lipinski definition) is 3. The van der Waals surface area contributed by atoms with Crippen molar-refractivity contribution in [2.75, 3.05) is 37.7 Å². The second-order valence-corrected chi connectivity index (χ2v) is 6.54. The van der Waals surface area contributed by atoms with E-state index in [1.54, 1.807) is 6.07 Å². The summed E-state index contributed by atoms with van der Waals surface area (Å²) in [6.45, 7) is 8.34. The first-order chi connectivity index (χ1) is 11.7. The lowest BCUT2D eigenvalue weighted by Gasteiger charge is -2.29. The molecule has 2 fully saturated rings. The number of ether oxygens (including phenoxy) is 1. The van der Waals surface area contributed by atoms with Gasteiger partial charge in [-0.15, -0.1) is 0 Å². The molecule has 2 N–H and O–H groups in total. The van der Waals surface area contributed by atoms with Crippen LogP contribution in [0.1, 0.15) is 25.8 Å². The molecule has 0 aromatic heterocycles. The molecule has 132 valence electrons. The Hall–Kier alpha value is -1.82. The molecule has 6 heteroatoms. The lowest BCUT2D eigenvalue weighted by molar-refractivity contribution is 0.122. The van der Waals surface area contributed by atoms with Gasteiger partial charge in [0.05, 0.1) is 25.4 Å². The molecular weight excluding hydrogens is 307 g/mol. The van der Waals surface area contributed by atoms with Crippen molar-refractivity contribution in [3.05, 3.63) is 29.6 Å². The van der Waals surface area contributed by atoms with Crippen molar-refractivity contribution < 1.29 is 9.13 Å². The molecule has 5 nitrogen and oxygen atoms in total. The molecule has 1 aliphatic carbocycles. The Labute approximate surface area is 143 Å². The van der Waals surface area contributed by atoms with Crippen molar-refractivity contribution in [3.63, 3.8) is 0 Å². The highest BCUT2D eigenvalue weighted by Gasteiger charge is 2.33. The topological polar surface area (TPSA) is 48.9 Å². The van der Waals surface area contributed by atoms with Crippen LogP contribution in [0.3, 0.4) is 0 Å². The average Bonchev–Trinajstić information content (AvgIpc) is 3.28. The first-order valence-electron chi connectivity index (χ1n) is 8.83. The van der Waals surface area contributed by atoms with E-state index in [4.69, 9.17) is 4.74 Å². The average molecular weight is 334 g/mol. The summed E-state index contributed by atoms with van der Waals surface area (Å²) >= 11 is 0. The fourth-order valence-electron chi connectivity index (χ4n) is 2.90. The minimum Gasteiger partial charge on any atom is -0.378 e. The third-order valence-electron chi connectivity index (χ3n) is 4.56. The van der Waals surface area contributed by atoms with E-state index in [1.807, 2.05) is 24.0 Å². The maximum atomic E-state index is 14.4. The molecule has 2 atom stereocenters. The van der Waals surface area contributed by atoms with Gasteiger partial charge in [-0.3, -0.25) is 0 Å². The van der Waals surface area contributed by atoms with Gasteiger partial charge in [-0.25, -0.2) is 9.38 Å². The third kappa shape index (κ3) is 4.38. The van der Waals surface area contributed by atoms with Crippen LogP contribution in [0.2, 0.25) is 0 Å². The number of halogens is 1. The van der Waals surface area contributed by atoms with Crippen molar-refractivity contribution in [1.29, 1.82) is 0 Å². The van der Waals surface area contributed by atoms with E-state index >= 15 is 0 Å². The van der Waals surface area contributed by atoms with Gasteiger partial charge in [0.15, 0.2) is 5.96 Å². The number of benzene rings is 1. The molecule has 1 aromatic rings. The molecule has 1 heterocycles. The number of rotatable bonds is 5. The molecule has 2 unspecified atom stereocenters. The number of guanidine groups is 1. The normalized spacial score (nSPS) is 24.0. The zero-order chi connectivity index (χ0) is 16.9. The van der Waals surface area contributed by atoms with E-state index in [1.165, 1.54) is 6.42 Å². The van der Waals surface area contributed by atoms with Crippen LogP contribution in [-0.2, 0) is 11.3 Å². The van der Waals surface area contributed by atoms with Crippen LogP contribution in [0, 0.1) is 11.7 Å². The Balaban J connectivity index is 1.63. The number of morpholine rings is 1. The zero-order valence-electron chi connectivity index (χ0n) is 14.5. The quantitative estimate of drug-likeness (QED) is 0.640. The number of nitrogens with one attached hydrogen (secondary N) is 2. The summed E-state index contributed by atoms with van der Waals surface area (Å²) < 4.78 is 19.7. The van der Waals surface area contributed by atoms with Gasteiger partial charge in [-0.1, -0.05) is 13.0 Å². The standard InChI is InChI=1S/C18H27FN4O/c1-3-20-18(22-16-10-13(16)2)21-12-14-4-5-17(15(19)11-14)23-6-8-24-9-7-23/h4-5,11,13,16H,3,6-10,12H2,1-2H3,(H2,20,21,22). The Morgan fingerprint density at radius 1 is 1.38 bits per heavy atom. The number of anilines is 1. The van der Waals surface area contributed by atoms with Gasteiger partial charge < -0.3 is 20.3 Å². The molecule has 1 aliphatic heterocycles. The number of aliphatic imine (C=N–C) groups is 1. The lowest BCUT2D eigenvalue weighted by Crippen LogP contribution is -2.39. The Kier molecular flexibility index (Phi) is 5.56. The van der Waals surface area contributed by atoms with E-state index in [0.717, 1.165) is 31.2 Å².